The fourth-order valence-corrected chi connectivity index (χ4v) is 9.00. The third-order valence-electron chi connectivity index (χ3n) is 9.27. The van der Waals surface area contributed by atoms with Gasteiger partial charge < -0.3 is 10.8 Å². The standard InChI is InChI=1S/C22H39NOS/c1-21-10-8-16(25-13-3-12-23)14-15(21)4-5-17-18-6-7-20(24)22(18,2)11-9-19(17)21/h15-20,24H,3-14,23H2,1-2H3. The minimum absolute atomic E-state index is 0.0290. The Bertz CT molecular complexity index is 485. The minimum Gasteiger partial charge on any atom is -0.393 e. The van der Waals surface area contributed by atoms with Gasteiger partial charge in [0.1, 0.15) is 0 Å². The van der Waals surface area contributed by atoms with E-state index in [1.807, 2.05) is 0 Å². The number of aliphatic hydroxyl groups excluding tert-OH is 1. The zero-order valence-corrected chi connectivity index (χ0v) is 17.2. The van der Waals surface area contributed by atoms with Crippen molar-refractivity contribution in [2.45, 2.75) is 89.4 Å². The average molecular weight is 366 g/mol. The van der Waals surface area contributed by atoms with Crippen LogP contribution < -0.4 is 5.73 Å². The largest absolute Gasteiger partial charge is 0.393 e. The lowest BCUT2D eigenvalue weighted by atomic mass is 9.45. The van der Waals surface area contributed by atoms with Crippen LogP contribution >= 0.6 is 11.8 Å². The van der Waals surface area contributed by atoms with E-state index >= 15 is 0 Å². The van der Waals surface area contributed by atoms with E-state index in [0.29, 0.717) is 5.41 Å². The molecule has 4 fully saturated rings. The smallest absolute Gasteiger partial charge is 0.0596 e. The Hall–Kier alpha value is 0.270. The molecule has 4 saturated carbocycles. The van der Waals surface area contributed by atoms with Gasteiger partial charge >= 0.3 is 0 Å². The highest BCUT2D eigenvalue weighted by molar-refractivity contribution is 7.99. The summed E-state index contributed by atoms with van der Waals surface area (Å²) in [6, 6.07) is 0. The van der Waals surface area contributed by atoms with Gasteiger partial charge in [-0.15, -0.1) is 0 Å². The summed E-state index contributed by atoms with van der Waals surface area (Å²) in [7, 11) is 0. The monoisotopic (exact) mass is 365 g/mol. The van der Waals surface area contributed by atoms with E-state index in [0.717, 1.165) is 41.9 Å². The lowest BCUT2D eigenvalue weighted by molar-refractivity contribution is -0.119. The first-order valence-electron chi connectivity index (χ1n) is 11.0. The topological polar surface area (TPSA) is 46.2 Å². The Morgan fingerprint density at radius 1 is 0.960 bits per heavy atom. The first-order valence-corrected chi connectivity index (χ1v) is 12.0. The van der Waals surface area contributed by atoms with Crippen molar-refractivity contribution in [2.75, 3.05) is 12.3 Å². The molecule has 0 spiro atoms. The SMILES string of the molecule is CC12CCC3C(CCC4CC(SCCCN)CCC43C)C1CCC2O. The molecular formula is C22H39NOS. The summed E-state index contributed by atoms with van der Waals surface area (Å²) in [5, 5.41) is 11.5. The van der Waals surface area contributed by atoms with E-state index in [4.69, 9.17) is 5.73 Å². The van der Waals surface area contributed by atoms with E-state index in [2.05, 4.69) is 25.6 Å². The van der Waals surface area contributed by atoms with Crippen molar-refractivity contribution >= 4 is 11.8 Å². The maximum Gasteiger partial charge on any atom is 0.0596 e. The highest BCUT2D eigenvalue weighted by Crippen LogP contribution is 2.66. The third-order valence-corrected chi connectivity index (χ3v) is 10.7. The van der Waals surface area contributed by atoms with E-state index in [1.54, 1.807) is 0 Å². The number of rotatable bonds is 4. The van der Waals surface area contributed by atoms with Crippen LogP contribution in [-0.2, 0) is 0 Å². The van der Waals surface area contributed by atoms with Crippen molar-refractivity contribution in [3.63, 3.8) is 0 Å². The number of nitrogens with two attached hydrogens (primary N) is 1. The zero-order chi connectivity index (χ0) is 17.7. The number of thioether (sulfide) groups is 1. The summed E-state index contributed by atoms with van der Waals surface area (Å²) in [5.74, 6) is 4.85. The summed E-state index contributed by atoms with van der Waals surface area (Å²) >= 11 is 2.21. The van der Waals surface area contributed by atoms with Crippen molar-refractivity contribution in [2.24, 2.45) is 40.2 Å². The molecule has 25 heavy (non-hydrogen) atoms. The average Bonchev–Trinajstić information content (AvgIpc) is 2.90. The van der Waals surface area contributed by atoms with Crippen LogP contribution in [-0.4, -0.2) is 28.8 Å². The first-order chi connectivity index (χ1) is 12.0. The highest BCUT2D eigenvalue weighted by Gasteiger charge is 2.59. The Labute approximate surface area is 159 Å². The summed E-state index contributed by atoms with van der Waals surface area (Å²) in [5.41, 5.74) is 6.50. The minimum atomic E-state index is -0.0290. The predicted octanol–water partition coefficient (Wildman–Crippen LogP) is 4.84. The summed E-state index contributed by atoms with van der Waals surface area (Å²) in [6.45, 7) is 5.91. The Balaban J connectivity index is 1.46. The van der Waals surface area contributed by atoms with Gasteiger partial charge in [0, 0.05) is 5.25 Å². The van der Waals surface area contributed by atoms with Crippen LogP contribution in [0.15, 0.2) is 0 Å². The van der Waals surface area contributed by atoms with Crippen molar-refractivity contribution in [3.8, 4) is 0 Å². The number of fused-ring (bicyclic) bond motifs is 5. The molecule has 0 saturated heterocycles. The number of aliphatic hydroxyl groups is 1. The molecule has 0 radical (unpaired) electrons. The maximum absolute atomic E-state index is 10.6. The van der Waals surface area contributed by atoms with Gasteiger partial charge in [-0.05, 0) is 111 Å². The molecule has 4 aliphatic rings. The van der Waals surface area contributed by atoms with Crippen LogP contribution in [0.25, 0.3) is 0 Å². The normalized spacial score (nSPS) is 52.3. The van der Waals surface area contributed by atoms with Gasteiger partial charge in [-0.3, -0.25) is 0 Å². The van der Waals surface area contributed by atoms with Crippen LogP contribution in [0.5, 0.6) is 0 Å². The van der Waals surface area contributed by atoms with Crippen molar-refractivity contribution in [1.82, 2.24) is 0 Å². The van der Waals surface area contributed by atoms with Crippen LogP contribution in [0.2, 0.25) is 0 Å². The lowest BCUT2D eigenvalue weighted by Crippen LogP contribution is -2.54. The second-order valence-electron chi connectivity index (χ2n) is 10.2. The molecule has 8 unspecified atom stereocenters. The molecule has 4 rings (SSSR count). The van der Waals surface area contributed by atoms with Crippen LogP contribution in [0, 0.1) is 34.5 Å². The van der Waals surface area contributed by atoms with Gasteiger partial charge in [-0.1, -0.05) is 13.8 Å². The van der Waals surface area contributed by atoms with Crippen LogP contribution in [0.3, 0.4) is 0 Å². The molecule has 0 aromatic heterocycles. The molecule has 0 aromatic carbocycles. The second kappa shape index (κ2) is 7.02. The van der Waals surface area contributed by atoms with Crippen molar-refractivity contribution < 1.29 is 5.11 Å². The van der Waals surface area contributed by atoms with E-state index < -0.39 is 0 Å². The van der Waals surface area contributed by atoms with Gasteiger partial charge in [0.2, 0.25) is 0 Å². The number of hydrogen-bond acceptors (Lipinski definition) is 3. The first kappa shape index (κ1) is 18.6. The molecule has 0 heterocycles. The fraction of sp³-hybridized carbons (Fsp3) is 1.00. The lowest BCUT2D eigenvalue weighted by Gasteiger charge is -2.61. The molecule has 0 aliphatic heterocycles. The van der Waals surface area contributed by atoms with E-state index in [1.165, 1.54) is 63.5 Å². The molecule has 144 valence electrons. The Morgan fingerprint density at radius 3 is 2.52 bits per heavy atom. The molecule has 4 aliphatic carbocycles. The van der Waals surface area contributed by atoms with Crippen molar-refractivity contribution in [3.05, 3.63) is 0 Å². The number of hydrogen-bond donors (Lipinski definition) is 2. The predicted molar refractivity (Wildman–Crippen MR) is 108 cm³/mol. The molecule has 8 atom stereocenters. The van der Waals surface area contributed by atoms with E-state index in [-0.39, 0.29) is 11.5 Å². The molecule has 2 nitrogen and oxygen atoms in total. The second-order valence-corrected chi connectivity index (χ2v) is 11.6. The van der Waals surface area contributed by atoms with Gasteiger partial charge in [-0.25, -0.2) is 0 Å². The maximum atomic E-state index is 10.6. The third kappa shape index (κ3) is 3.01. The van der Waals surface area contributed by atoms with Crippen LogP contribution in [0.1, 0.15) is 78.1 Å². The van der Waals surface area contributed by atoms with Gasteiger partial charge in [0.05, 0.1) is 6.10 Å². The molecule has 0 aromatic rings. The van der Waals surface area contributed by atoms with Crippen LogP contribution in [0.4, 0.5) is 0 Å². The highest BCUT2D eigenvalue weighted by atomic mass is 32.2. The zero-order valence-electron chi connectivity index (χ0n) is 16.4. The summed E-state index contributed by atoms with van der Waals surface area (Å²) < 4.78 is 0. The summed E-state index contributed by atoms with van der Waals surface area (Å²) in [4.78, 5) is 0. The Kier molecular flexibility index (Phi) is 5.23. The van der Waals surface area contributed by atoms with Gasteiger partial charge in [0.25, 0.3) is 0 Å². The molecule has 3 heteroatoms. The van der Waals surface area contributed by atoms with Crippen molar-refractivity contribution in [1.29, 1.82) is 0 Å². The van der Waals surface area contributed by atoms with Gasteiger partial charge in [0.15, 0.2) is 0 Å². The van der Waals surface area contributed by atoms with Gasteiger partial charge in [-0.2, -0.15) is 11.8 Å². The summed E-state index contributed by atoms with van der Waals surface area (Å²) in [6.07, 6.45) is 13.4. The fourth-order valence-electron chi connectivity index (χ4n) is 7.68. The Morgan fingerprint density at radius 2 is 1.72 bits per heavy atom. The van der Waals surface area contributed by atoms with E-state index in [9.17, 15) is 5.11 Å². The quantitative estimate of drug-likeness (QED) is 0.701. The molecule has 0 amide bonds. The molecule has 0 bridgehead atoms. The molecular weight excluding hydrogens is 326 g/mol. The molecule has 3 N–H and O–H groups in total.